The van der Waals surface area contributed by atoms with E-state index >= 15 is 0 Å². The van der Waals surface area contributed by atoms with Crippen molar-refractivity contribution in [3.63, 3.8) is 0 Å². The molecule has 0 aromatic carbocycles. The first-order valence-corrected chi connectivity index (χ1v) is 5.69. The zero-order valence-electron chi connectivity index (χ0n) is 9.22. The summed E-state index contributed by atoms with van der Waals surface area (Å²) in [5.74, 6) is -0.0162. The van der Waals surface area contributed by atoms with Gasteiger partial charge in [0.15, 0.2) is 6.10 Å². The lowest BCUT2D eigenvalue weighted by atomic mass is 10.2. The van der Waals surface area contributed by atoms with Gasteiger partial charge < -0.3 is 14.4 Å². The molecule has 2 aliphatic rings. The Morgan fingerprint density at radius 1 is 1.44 bits per heavy atom. The summed E-state index contributed by atoms with van der Waals surface area (Å²) >= 11 is 0. The summed E-state index contributed by atoms with van der Waals surface area (Å²) in [6.07, 6.45) is 2.01. The first-order chi connectivity index (χ1) is 7.83. The van der Waals surface area contributed by atoms with Crippen molar-refractivity contribution < 1.29 is 14.3 Å². The Bertz CT molecular complexity index is 290. The summed E-state index contributed by atoms with van der Waals surface area (Å²) in [6.45, 7) is 1.90. The van der Waals surface area contributed by atoms with Crippen molar-refractivity contribution in [2.75, 3.05) is 26.4 Å². The van der Waals surface area contributed by atoms with Crippen LogP contribution in [-0.4, -0.2) is 49.3 Å². The van der Waals surface area contributed by atoms with E-state index in [-0.39, 0.29) is 5.91 Å². The SMILES string of the molecule is N#CCCN(C(=O)C1COCCO1)C1CC1. The van der Waals surface area contributed by atoms with E-state index in [0.717, 1.165) is 12.8 Å². The second kappa shape index (κ2) is 5.28. The number of carbonyl (C=O) groups is 1. The molecule has 0 N–H and O–H groups in total. The van der Waals surface area contributed by atoms with Gasteiger partial charge in [-0.15, -0.1) is 0 Å². The molecule has 5 heteroatoms. The number of ether oxygens (including phenoxy) is 2. The molecule has 1 amide bonds. The molecule has 1 atom stereocenters. The first-order valence-electron chi connectivity index (χ1n) is 5.69. The lowest BCUT2D eigenvalue weighted by Gasteiger charge is -2.28. The highest BCUT2D eigenvalue weighted by molar-refractivity contribution is 5.81. The van der Waals surface area contributed by atoms with Gasteiger partial charge in [0.1, 0.15) is 0 Å². The van der Waals surface area contributed by atoms with Gasteiger partial charge in [0.25, 0.3) is 5.91 Å². The smallest absolute Gasteiger partial charge is 0.254 e. The molecule has 1 saturated carbocycles. The quantitative estimate of drug-likeness (QED) is 0.689. The highest BCUT2D eigenvalue weighted by Gasteiger charge is 2.36. The minimum atomic E-state index is -0.465. The van der Waals surface area contributed by atoms with Crippen LogP contribution in [0.3, 0.4) is 0 Å². The Kier molecular flexibility index (Phi) is 3.75. The van der Waals surface area contributed by atoms with Crippen LogP contribution in [0.4, 0.5) is 0 Å². The zero-order chi connectivity index (χ0) is 11.4. The first kappa shape index (κ1) is 11.4. The molecule has 1 unspecified atom stereocenters. The average Bonchev–Trinajstić information content (AvgIpc) is 3.15. The van der Waals surface area contributed by atoms with Crippen molar-refractivity contribution in [1.82, 2.24) is 4.90 Å². The standard InChI is InChI=1S/C11H16N2O3/c12-4-1-5-13(9-2-3-9)11(14)10-8-15-6-7-16-10/h9-10H,1-3,5-8H2. The summed E-state index contributed by atoms with van der Waals surface area (Å²) in [7, 11) is 0. The molecule has 1 aliphatic carbocycles. The number of rotatable bonds is 4. The molecule has 0 aromatic heterocycles. The van der Waals surface area contributed by atoms with Crippen LogP contribution in [0.15, 0.2) is 0 Å². The van der Waals surface area contributed by atoms with Gasteiger partial charge in [-0.1, -0.05) is 0 Å². The fraction of sp³-hybridized carbons (Fsp3) is 0.818. The normalized spacial score (nSPS) is 24.8. The van der Waals surface area contributed by atoms with Crippen molar-refractivity contribution in [2.24, 2.45) is 0 Å². The maximum atomic E-state index is 12.1. The molecule has 1 aliphatic heterocycles. The van der Waals surface area contributed by atoms with Gasteiger partial charge in [-0.05, 0) is 12.8 Å². The Balaban J connectivity index is 1.90. The third-order valence-electron chi connectivity index (χ3n) is 2.83. The van der Waals surface area contributed by atoms with E-state index in [4.69, 9.17) is 14.7 Å². The average molecular weight is 224 g/mol. The minimum Gasteiger partial charge on any atom is -0.376 e. The van der Waals surface area contributed by atoms with E-state index in [1.807, 2.05) is 0 Å². The molecule has 1 saturated heterocycles. The maximum Gasteiger partial charge on any atom is 0.254 e. The zero-order valence-corrected chi connectivity index (χ0v) is 9.22. The Morgan fingerprint density at radius 3 is 2.81 bits per heavy atom. The third-order valence-corrected chi connectivity index (χ3v) is 2.83. The number of nitriles is 1. The number of nitrogens with zero attached hydrogens (tertiary/aromatic N) is 2. The van der Waals surface area contributed by atoms with Crippen molar-refractivity contribution in [3.8, 4) is 6.07 Å². The molecule has 88 valence electrons. The van der Waals surface area contributed by atoms with E-state index in [1.54, 1.807) is 4.90 Å². The molecule has 0 radical (unpaired) electrons. The van der Waals surface area contributed by atoms with Gasteiger partial charge in [0.05, 0.1) is 32.3 Å². The highest BCUT2D eigenvalue weighted by atomic mass is 16.6. The van der Waals surface area contributed by atoms with Crippen LogP contribution in [-0.2, 0) is 14.3 Å². The minimum absolute atomic E-state index is 0.0162. The molecular formula is C11H16N2O3. The molecule has 1 heterocycles. The highest BCUT2D eigenvalue weighted by Crippen LogP contribution is 2.28. The second-order valence-electron chi connectivity index (χ2n) is 4.11. The summed E-state index contributed by atoms with van der Waals surface area (Å²) < 4.78 is 10.6. The molecule has 0 spiro atoms. The van der Waals surface area contributed by atoms with Crippen LogP contribution in [0.2, 0.25) is 0 Å². The summed E-state index contributed by atoms with van der Waals surface area (Å²) in [5, 5.41) is 8.57. The lowest BCUT2D eigenvalue weighted by molar-refractivity contribution is -0.158. The molecule has 0 aromatic rings. The predicted molar refractivity (Wildman–Crippen MR) is 55.5 cm³/mol. The van der Waals surface area contributed by atoms with Crippen LogP contribution >= 0.6 is 0 Å². The van der Waals surface area contributed by atoms with Crippen molar-refractivity contribution in [1.29, 1.82) is 5.26 Å². The third kappa shape index (κ3) is 2.71. The van der Waals surface area contributed by atoms with Crippen LogP contribution in [0, 0.1) is 11.3 Å². The monoisotopic (exact) mass is 224 g/mol. The number of amides is 1. The van der Waals surface area contributed by atoms with Gasteiger partial charge in [0, 0.05) is 12.6 Å². The van der Waals surface area contributed by atoms with E-state index in [2.05, 4.69) is 6.07 Å². The molecule has 16 heavy (non-hydrogen) atoms. The molecule has 2 rings (SSSR count). The van der Waals surface area contributed by atoms with Crippen LogP contribution in [0.1, 0.15) is 19.3 Å². The molecule has 5 nitrogen and oxygen atoms in total. The topological polar surface area (TPSA) is 62.6 Å². The number of hydrogen-bond acceptors (Lipinski definition) is 4. The van der Waals surface area contributed by atoms with Crippen molar-refractivity contribution in [3.05, 3.63) is 0 Å². The van der Waals surface area contributed by atoms with E-state index in [9.17, 15) is 4.79 Å². The van der Waals surface area contributed by atoms with E-state index in [1.165, 1.54) is 0 Å². The van der Waals surface area contributed by atoms with Gasteiger partial charge in [-0.25, -0.2) is 0 Å². The van der Waals surface area contributed by atoms with Gasteiger partial charge in [-0.3, -0.25) is 4.79 Å². The Morgan fingerprint density at radius 2 is 2.25 bits per heavy atom. The fourth-order valence-corrected chi connectivity index (χ4v) is 1.84. The fourth-order valence-electron chi connectivity index (χ4n) is 1.84. The molecule has 0 bridgehead atoms. The molecule has 2 fully saturated rings. The van der Waals surface area contributed by atoms with E-state index in [0.29, 0.717) is 38.8 Å². The Labute approximate surface area is 94.9 Å². The Hall–Kier alpha value is -1.12. The molecular weight excluding hydrogens is 208 g/mol. The van der Waals surface area contributed by atoms with Gasteiger partial charge >= 0.3 is 0 Å². The van der Waals surface area contributed by atoms with Crippen LogP contribution in [0.25, 0.3) is 0 Å². The number of carbonyl (C=O) groups excluding carboxylic acids is 1. The van der Waals surface area contributed by atoms with Crippen molar-refractivity contribution >= 4 is 5.91 Å². The lowest BCUT2D eigenvalue weighted by Crippen LogP contribution is -2.46. The van der Waals surface area contributed by atoms with Crippen LogP contribution in [0.5, 0.6) is 0 Å². The van der Waals surface area contributed by atoms with Gasteiger partial charge in [0.2, 0.25) is 0 Å². The summed E-state index contributed by atoms with van der Waals surface area (Å²) in [5.41, 5.74) is 0. The second-order valence-corrected chi connectivity index (χ2v) is 4.11. The predicted octanol–water partition coefficient (Wildman–Crippen LogP) is 0.306. The number of hydrogen-bond donors (Lipinski definition) is 0. The van der Waals surface area contributed by atoms with Crippen molar-refractivity contribution in [2.45, 2.75) is 31.4 Å². The van der Waals surface area contributed by atoms with Gasteiger partial charge in [-0.2, -0.15) is 5.26 Å². The van der Waals surface area contributed by atoms with E-state index < -0.39 is 6.10 Å². The summed E-state index contributed by atoms with van der Waals surface area (Å²) in [4.78, 5) is 13.9. The van der Waals surface area contributed by atoms with Crippen LogP contribution < -0.4 is 0 Å². The maximum absolute atomic E-state index is 12.1. The summed E-state index contributed by atoms with van der Waals surface area (Å²) in [6, 6.07) is 2.40. The largest absolute Gasteiger partial charge is 0.376 e.